The first-order valence-electron chi connectivity index (χ1n) is 9.22. The second kappa shape index (κ2) is 7.48. The molecule has 2 N–H and O–H groups in total. The number of hydrogen-bond donors (Lipinski definition) is 2. The van der Waals surface area contributed by atoms with Crippen molar-refractivity contribution in [1.29, 1.82) is 0 Å². The van der Waals surface area contributed by atoms with E-state index in [0.29, 0.717) is 37.8 Å². The van der Waals surface area contributed by atoms with Crippen molar-refractivity contribution in [2.24, 2.45) is 11.8 Å². The monoisotopic (exact) mass is 370 g/mol. The summed E-state index contributed by atoms with van der Waals surface area (Å²) < 4.78 is 5.34. The Hall–Kier alpha value is -2.74. The van der Waals surface area contributed by atoms with E-state index in [1.807, 2.05) is 35.2 Å². The van der Waals surface area contributed by atoms with Gasteiger partial charge in [-0.1, -0.05) is 35.5 Å². The van der Waals surface area contributed by atoms with Crippen molar-refractivity contribution in [2.75, 3.05) is 13.1 Å². The van der Waals surface area contributed by atoms with Crippen LogP contribution >= 0.6 is 0 Å². The van der Waals surface area contributed by atoms with Crippen molar-refractivity contribution in [1.82, 2.24) is 20.4 Å². The van der Waals surface area contributed by atoms with Gasteiger partial charge >= 0.3 is 5.97 Å². The predicted molar refractivity (Wildman–Crippen MR) is 95.4 cm³/mol. The third-order valence-electron chi connectivity index (χ3n) is 5.03. The van der Waals surface area contributed by atoms with Gasteiger partial charge in [0, 0.05) is 24.7 Å². The van der Waals surface area contributed by atoms with Gasteiger partial charge in [0.05, 0.1) is 18.4 Å². The number of benzene rings is 1. The number of likely N-dealkylation sites (tertiary alicyclic amines) is 1. The molecule has 2 aromatic rings. The number of rotatable bonds is 6. The molecule has 2 heterocycles. The van der Waals surface area contributed by atoms with E-state index in [1.54, 1.807) is 0 Å². The summed E-state index contributed by atoms with van der Waals surface area (Å²) in [6.45, 7) is 1.19. The third kappa shape index (κ3) is 4.33. The highest BCUT2D eigenvalue weighted by Gasteiger charge is 2.37. The van der Waals surface area contributed by atoms with Crippen LogP contribution in [0.1, 0.15) is 25.2 Å². The fourth-order valence-electron chi connectivity index (χ4n) is 3.45. The lowest BCUT2D eigenvalue weighted by molar-refractivity contribution is -0.145. The fourth-order valence-corrected chi connectivity index (χ4v) is 3.45. The van der Waals surface area contributed by atoms with E-state index in [0.717, 1.165) is 18.4 Å². The summed E-state index contributed by atoms with van der Waals surface area (Å²) in [5, 5.41) is 16.4. The minimum absolute atomic E-state index is 0.0519. The van der Waals surface area contributed by atoms with E-state index in [-0.39, 0.29) is 17.9 Å². The number of piperidine rings is 1. The topological polar surface area (TPSA) is 109 Å². The largest absolute Gasteiger partial charge is 0.481 e. The number of carbonyl (C=O) groups is 2. The molecule has 2 aliphatic rings. The highest BCUT2D eigenvalue weighted by Crippen LogP contribution is 2.26. The molecule has 0 bridgehead atoms. The number of carboxylic acid groups (broad SMARTS) is 1. The molecule has 1 aliphatic carbocycles. The molecule has 1 saturated heterocycles. The summed E-state index contributed by atoms with van der Waals surface area (Å²) in [6, 6.07) is 9.77. The summed E-state index contributed by atoms with van der Waals surface area (Å²) >= 11 is 0. The SMILES string of the molecule is O=C(O)[C@H]1C[C@H](C(=O)NC2CC2)CN(Cc2nc(-c3ccccc3)no2)C1. The molecule has 8 heteroatoms. The number of nitrogens with zero attached hydrogens (tertiary/aromatic N) is 3. The van der Waals surface area contributed by atoms with Crippen LogP contribution in [-0.2, 0) is 16.1 Å². The molecular formula is C19H22N4O4. The van der Waals surface area contributed by atoms with Gasteiger partial charge in [-0.05, 0) is 19.3 Å². The van der Waals surface area contributed by atoms with Crippen LogP contribution in [0, 0.1) is 11.8 Å². The molecule has 1 aromatic heterocycles. The van der Waals surface area contributed by atoms with Gasteiger partial charge in [0.2, 0.25) is 17.6 Å². The number of aliphatic carboxylic acids is 1. The van der Waals surface area contributed by atoms with Crippen molar-refractivity contribution in [3.63, 3.8) is 0 Å². The van der Waals surface area contributed by atoms with E-state index in [9.17, 15) is 14.7 Å². The van der Waals surface area contributed by atoms with Gasteiger partial charge in [-0.2, -0.15) is 4.98 Å². The zero-order valence-corrected chi connectivity index (χ0v) is 14.9. The second-order valence-corrected chi connectivity index (χ2v) is 7.32. The Morgan fingerprint density at radius 2 is 1.93 bits per heavy atom. The zero-order chi connectivity index (χ0) is 18.8. The maximum absolute atomic E-state index is 12.4. The van der Waals surface area contributed by atoms with E-state index in [2.05, 4.69) is 15.5 Å². The minimum Gasteiger partial charge on any atom is -0.481 e. The van der Waals surface area contributed by atoms with E-state index in [4.69, 9.17) is 4.52 Å². The Morgan fingerprint density at radius 3 is 2.63 bits per heavy atom. The Balaban J connectivity index is 1.44. The third-order valence-corrected chi connectivity index (χ3v) is 5.03. The Morgan fingerprint density at radius 1 is 1.19 bits per heavy atom. The first-order valence-corrected chi connectivity index (χ1v) is 9.22. The number of amides is 1. The average Bonchev–Trinajstić information content (AvgIpc) is 3.37. The van der Waals surface area contributed by atoms with Crippen molar-refractivity contribution >= 4 is 11.9 Å². The van der Waals surface area contributed by atoms with Gasteiger partial charge in [-0.25, -0.2) is 0 Å². The molecule has 2 atom stereocenters. The van der Waals surface area contributed by atoms with E-state index >= 15 is 0 Å². The van der Waals surface area contributed by atoms with Crippen LogP contribution in [0.4, 0.5) is 0 Å². The average molecular weight is 370 g/mol. The molecule has 142 valence electrons. The summed E-state index contributed by atoms with van der Waals surface area (Å²) in [6.07, 6.45) is 2.38. The van der Waals surface area contributed by atoms with Crippen LogP contribution in [-0.4, -0.2) is 51.2 Å². The van der Waals surface area contributed by atoms with Crippen molar-refractivity contribution in [2.45, 2.75) is 31.8 Å². The molecule has 0 radical (unpaired) electrons. The standard InChI is InChI=1S/C19H22N4O4/c24-18(20-15-6-7-15)13-8-14(19(25)26)10-23(9-13)11-16-21-17(22-27-16)12-4-2-1-3-5-12/h1-5,13-15H,6-11H2,(H,20,24)(H,25,26)/t13-,14-/m0/s1. The van der Waals surface area contributed by atoms with Crippen LogP contribution in [0.3, 0.4) is 0 Å². The lowest BCUT2D eigenvalue weighted by Crippen LogP contribution is -2.48. The molecule has 1 aromatic carbocycles. The summed E-state index contributed by atoms with van der Waals surface area (Å²) in [5.41, 5.74) is 0.858. The summed E-state index contributed by atoms with van der Waals surface area (Å²) in [5.74, 6) is -0.924. The highest BCUT2D eigenvalue weighted by molar-refractivity contribution is 5.81. The van der Waals surface area contributed by atoms with Crippen LogP contribution in [0.5, 0.6) is 0 Å². The summed E-state index contributed by atoms with van der Waals surface area (Å²) in [7, 11) is 0. The fraction of sp³-hybridized carbons (Fsp3) is 0.474. The lowest BCUT2D eigenvalue weighted by atomic mass is 9.88. The molecular weight excluding hydrogens is 348 g/mol. The van der Waals surface area contributed by atoms with Crippen molar-refractivity contribution in [3.05, 3.63) is 36.2 Å². The molecule has 0 spiro atoms. The van der Waals surface area contributed by atoms with Crippen LogP contribution in [0.15, 0.2) is 34.9 Å². The number of aromatic nitrogens is 2. The molecule has 1 saturated carbocycles. The molecule has 27 heavy (non-hydrogen) atoms. The maximum Gasteiger partial charge on any atom is 0.307 e. The molecule has 4 rings (SSSR count). The first kappa shape index (κ1) is 17.7. The lowest BCUT2D eigenvalue weighted by Gasteiger charge is -2.34. The van der Waals surface area contributed by atoms with Gasteiger partial charge in [0.1, 0.15) is 0 Å². The van der Waals surface area contributed by atoms with Gasteiger partial charge in [-0.3, -0.25) is 14.5 Å². The number of carboxylic acids is 1. The second-order valence-electron chi connectivity index (χ2n) is 7.32. The van der Waals surface area contributed by atoms with Crippen molar-refractivity contribution in [3.8, 4) is 11.4 Å². The van der Waals surface area contributed by atoms with Gasteiger partial charge in [0.15, 0.2) is 0 Å². The van der Waals surface area contributed by atoms with Crippen molar-refractivity contribution < 1.29 is 19.2 Å². The molecule has 1 aliphatic heterocycles. The first-order chi connectivity index (χ1) is 13.1. The van der Waals surface area contributed by atoms with Gasteiger partial charge in [-0.15, -0.1) is 0 Å². The van der Waals surface area contributed by atoms with Crippen LogP contribution in [0.25, 0.3) is 11.4 Å². The highest BCUT2D eigenvalue weighted by atomic mass is 16.5. The number of nitrogens with one attached hydrogen (secondary N) is 1. The Kier molecular flexibility index (Phi) is 4.89. The maximum atomic E-state index is 12.4. The number of carbonyl (C=O) groups excluding carboxylic acids is 1. The van der Waals surface area contributed by atoms with Gasteiger partial charge < -0.3 is 14.9 Å². The molecule has 0 unspecified atom stereocenters. The molecule has 2 fully saturated rings. The molecule has 8 nitrogen and oxygen atoms in total. The Labute approximate surface area is 156 Å². The minimum atomic E-state index is -0.876. The summed E-state index contributed by atoms with van der Waals surface area (Å²) in [4.78, 5) is 30.3. The van der Waals surface area contributed by atoms with Gasteiger partial charge in [0.25, 0.3) is 0 Å². The smallest absolute Gasteiger partial charge is 0.307 e. The molecule has 1 amide bonds. The normalized spacial score (nSPS) is 23.1. The van der Waals surface area contributed by atoms with Crippen LogP contribution in [0.2, 0.25) is 0 Å². The quantitative estimate of drug-likeness (QED) is 0.794. The predicted octanol–water partition coefficient (Wildman–Crippen LogP) is 1.54. The van der Waals surface area contributed by atoms with E-state index < -0.39 is 11.9 Å². The Bertz CT molecular complexity index is 818. The number of hydrogen-bond acceptors (Lipinski definition) is 6. The zero-order valence-electron chi connectivity index (χ0n) is 14.9. The van der Waals surface area contributed by atoms with Crippen LogP contribution < -0.4 is 5.32 Å². The van der Waals surface area contributed by atoms with E-state index in [1.165, 1.54) is 0 Å².